The molecule has 0 spiro atoms. The van der Waals surface area contributed by atoms with Crippen LogP contribution in [0.5, 0.6) is 0 Å². The van der Waals surface area contributed by atoms with Crippen LogP contribution in [0.2, 0.25) is 5.02 Å². The molecule has 3 aromatic carbocycles. The molecule has 0 unspecified atom stereocenters. The number of aryl methyl sites for hydroxylation is 3. The predicted molar refractivity (Wildman–Crippen MR) is 156 cm³/mol. The third kappa shape index (κ3) is 7.40. The van der Waals surface area contributed by atoms with Gasteiger partial charge in [-0.1, -0.05) is 54.4 Å². The second-order valence-electron chi connectivity index (χ2n) is 9.56. The van der Waals surface area contributed by atoms with Crippen molar-refractivity contribution in [1.29, 1.82) is 0 Å². The molecule has 0 aromatic heterocycles. The van der Waals surface area contributed by atoms with Crippen LogP contribution < -0.4 is 9.62 Å². The molecule has 0 radical (unpaired) electrons. The molecule has 0 aliphatic heterocycles. The van der Waals surface area contributed by atoms with Crippen LogP contribution in [0, 0.1) is 20.8 Å². The number of sulfonamides is 1. The Morgan fingerprint density at radius 1 is 0.923 bits per heavy atom. The molecule has 0 saturated carbocycles. The van der Waals surface area contributed by atoms with Gasteiger partial charge in [0.15, 0.2) is 0 Å². The van der Waals surface area contributed by atoms with E-state index in [-0.39, 0.29) is 17.3 Å². The Labute approximate surface area is 236 Å². The predicted octanol–water partition coefficient (Wildman–Crippen LogP) is 5.40. The zero-order chi connectivity index (χ0) is 28.7. The molecule has 2 amide bonds. The number of anilines is 1. The van der Waals surface area contributed by atoms with Gasteiger partial charge in [-0.3, -0.25) is 13.9 Å². The Morgan fingerprint density at radius 3 is 2.21 bits per heavy atom. The second-order valence-corrected chi connectivity index (χ2v) is 11.9. The van der Waals surface area contributed by atoms with Gasteiger partial charge in [-0.05, 0) is 87.2 Å². The van der Waals surface area contributed by atoms with E-state index in [0.29, 0.717) is 23.7 Å². The highest BCUT2D eigenvalue weighted by Crippen LogP contribution is 2.27. The van der Waals surface area contributed by atoms with E-state index in [1.807, 2.05) is 65.0 Å². The number of carbonyl (C=O) groups excluding carboxylic acids is 2. The fourth-order valence-electron chi connectivity index (χ4n) is 4.36. The van der Waals surface area contributed by atoms with Gasteiger partial charge in [0.05, 0.1) is 10.6 Å². The summed E-state index contributed by atoms with van der Waals surface area (Å²) in [6, 6.07) is 18.0. The van der Waals surface area contributed by atoms with E-state index in [2.05, 4.69) is 5.32 Å². The topological polar surface area (TPSA) is 86.8 Å². The molecule has 0 heterocycles. The normalized spacial score (nSPS) is 12.1. The SMILES string of the molecule is CCNC(=O)[C@@H](CC)N(Cc1cccc(C)c1)C(=O)CN(c1ccc(C)c(C)c1)S(=O)(=O)c1ccc(Cl)cc1. The molecule has 39 heavy (non-hydrogen) atoms. The standard InChI is InChI=1S/C30H36ClN3O4S/c1-6-28(30(36)32-7-2)33(19-24-10-8-9-21(3)17-24)29(35)20-34(26-14-11-22(4)23(5)18-26)39(37,38)27-15-12-25(31)13-16-27/h8-18,28H,6-7,19-20H2,1-5H3,(H,32,36)/t28-/m1/s1. The van der Waals surface area contributed by atoms with Gasteiger partial charge < -0.3 is 10.2 Å². The van der Waals surface area contributed by atoms with Gasteiger partial charge in [0.2, 0.25) is 11.8 Å². The second kappa shape index (κ2) is 13.1. The number of rotatable bonds is 11. The van der Waals surface area contributed by atoms with Crippen LogP contribution in [0.25, 0.3) is 0 Å². The first-order valence-electron chi connectivity index (χ1n) is 13.0. The van der Waals surface area contributed by atoms with Crippen LogP contribution in [-0.2, 0) is 26.2 Å². The monoisotopic (exact) mass is 569 g/mol. The van der Waals surface area contributed by atoms with E-state index in [4.69, 9.17) is 11.6 Å². The van der Waals surface area contributed by atoms with Gasteiger partial charge in [0.1, 0.15) is 12.6 Å². The van der Waals surface area contributed by atoms with E-state index in [1.165, 1.54) is 29.2 Å². The van der Waals surface area contributed by atoms with Crippen molar-refractivity contribution in [3.05, 3.63) is 94.0 Å². The summed E-state index contributed by atoms with van der Waals surface area (Å²) in [5, 5.41) is 3.21. The summed E-state index contributed by atoms with van der Waals surface area (Å²) in [5.74, 6) is -0.760. The maximum atomic E-state index is 14.0. The average Bonchev–Trinajstić information content (AvgIpc) is 2.89. The van der Waals surface area contributed by atoms with Crippen LogP contribution in [0.3, 0.4) is 0 Å². The molecule has 1 N–H and O–H groups in total. The largest absolute Gasteiger partial charge is 0.355 e. The Hall–Kier alpha value is -3.36. The summed E-state index contributed by atoms with van der Waals surface area (Å²) >= 11 is 6.01. The zero-order valence-electron chi connectivity index (χ0n) is 23.1. The quantitative estimate of drug-likeness (QED) is 0.335. The molecule has 0 saturated heterocycles. The van der Waals surface area contributed by atoms with Crippen molar-refractivity contribution in [2.45, 2.75) is 58.5 Å². The minimum absolute atomic E-state index is 0.0129. The Bertz CT molecular complexity index is 1420. The fraction of sp³-hybridized carbons (Fsp3) is 0.333. The van der Waals surface area contributed by atoms with Crippen molar-refractivity contribution >= 4 is 39.1 Å². The van der Waals surface area contributed by atoms with Crippen LogP contribution >= 0.6 is 11.6 Å². The maximum absolute atomic E-state index is 14.0. The molecule has 0 bridgehead atoms. The van der Waals surface area contributed by atoms with Crippen molar-refractivity contribution in [2.24, 2.45) is 0 Å². The van der Waals surface area contributed by atoms with Crippen LogP contribution in [0.1, 0.15) is 42.5 Å². The van der Waals surface area contributed by atoms with Crippen molar-refractivity contribution in [3.8, 4) is 0 Å². The van der Waals surface area contributed by atoms with Gasteiger partial charge in [-0.2, -0.15) is 0 Å². The fourth-order valence-corrected chi connectivity index (χ4v) is 5.89. The smallest absolute Gasteiger partial charge is 0.264 e. The lowest BCUT2D eigenvalue weighted by molar-refractivity contribution is -0.140. The van der Waals surface area contributed by atoms with Crippen LogP contribution in [0.4, 0.5) is 5.69 Å². The number of hydrogen-bond acceptors (Lipinski definition) is 4. The van der Waals surface area contributed by atoms with Gasteiger partial charge in [-0.15, -0.1) is 0 Å². The molecular weight excluding hydrogens is 534 g/mol. The first kappa shape index (κ1) is 30.2. The van der Waals surface area contributed by atoms with Gasteiger partial charge in [0, 0.05) is 18.1 Å². The average molecular weight is 570 g/mol. The van der Waals surface area contributed by atoms with Crippen molar-refractivity contribution in [3.63, 3.8) is 0 Å². The van der Waals surface area contributed by atoms with Crippen LogP contribution in [0.15, 0.2) is 71.6 Å². The Balaban J connectivity index is 2.09. The summed E-state index contributed by atoms with van der Waals surface area (Å²) in [7, 11) is -4.14. The summed E-state index contributed by atoms with van der Waals surface area (Å²) in [6.07, 6.45) is 0.372. The molecule has 7 nitrogen and oxygen atoms in total. The van der Waals surface area contributed by atoms with Gasteiger partial charge >= 0.3 is 0 Å². The Kier molecular flexibility index (Phi) is 10.2. The summed E-state index contributed by atoms with van der Waals surface area (Å²) in [4.78, 5) is 28.5. The minimum atomic E-state index is -4.14. The zero-order valence-corrected chi connectivity index (χ0v) is 24.6. The summed E-state index contributed by atoms with van der Waals surface area (Å²) < 4.78 is 28.9. The number of carbonyl (C=O) groups is 2. The van der Waals surface area contributed by atoms with E-state index in [1.54, 1.807) is 12.1 Å². The van der Waals surface area contributed by atoms with Crippen molar-refractivity contribution in [2.75, 3.05) is 17.4 Å². The number of likely N-dealkylation sites (N-methyl/N-ethyl adjacent to an activating group) is 1. The molecule has 9 heteroatoms. The molecule has 0 aliphatic rings. The van der Waals surface area contributed by atoms with Gasteiger partial charge in [-0.25, -0.2) is 8.42 Å². The lowest BCUT2D eigenvalue weighted by Crippen LogP contribution is -2.52. The summed E-state index contributed by atoms with van der Waals surface area (Å²) in [5.41, 5.74) is 4.12. The molecular formula is C30H36ClN3O4S. The van der Waals surface area contributed by atoms with Crippen molar-refractivity contribution < 1.29 is 18.0 Å². The number of halogens is 1. The number of amides is 2. The molecule has 208 valence electrons. The van der Waals surface area contributed by atoms with E-state index in [0.717, 1.165) is 26.6 Å². The Morgan fingerprint density at radius 2 is 1.62 bits per heavy atom. The van der Waals surface area contributed by atoms with Gasteiger partial charge in [0.25, 0.3) is 10.0 Å². The summed E-state index contributed by atoms with van der Waals surface area (Å²) in [6.45, 7) is 9.54. The van der Waals surface area contributed by atoms with E-state index < -0.39 is 28.5 Å². The number of benzene rings is 3. The van der Waals surface area contributed by atoms with Crippen LogP contribution in [-0.4, -0.2) is 44.3 Å². The van der Waals surface area contributed by atoms with Crippen molar-refractivity contribution in [1.82, 2.24) is 10.2 Å². The minimum Gasteiger partial charge on any atom is -0.355 e. The maximum Gasteiger partial charge on any atom is 0.264 e. The molecule has 0 aliphatic carbocycles. The highest BCUT2D eigenvalue weighted by molar-refractivity contribution is 7.92. The number of nitrogens with zero attached hydrogens (tertiary/aromatic N) is 2. The highest BCUT2D eigenvalue weighted by atomic mass is 35.5. The highest BCUT2D eigenvalue weighted by Gasteiger charge is 2.33. The van der Waals surface area contributed by atoms with E-state index in [9.17, 15) is 18.0 Å². The molecule has 3 rings (SSSR count). The molecule has 0 fully saturated rings. The molecule has 3 aromatic rings. The first-order valence-corrected chi connectivity index (χ1v) is 14.8. The number of hydrogen-bond donors (Lipinski definition) is 1. The third-order valence-electron chi connectivity index (χ3n) is 6.63. The van der Waals surface area contributed by atoms with E-state index >= 15 is 0 Å². The molecule has 1 atom stereocenters. The lowest BCUT2D eigenvalue weighted by Gasteiger charge is -2.33. The third-order valence-corrected chi connectivity index (χ3v) is 8.67. The number of nitrogens with one attached hydrogen (secondary N) is 1. The lowest BCUT2D eigenvalue weighted by atomic mass is 10.1. The first-order chi connectivity index (χ1) is 18.5.